The second-order valence-electron chi connectivity index (χ2n) is 8.16. The lowest BCUT2D eigenvalue weighted by Crippen LogP contribution is -2.52. The van der Waals surface area contributed by atoms with Crippen LogP contribution in [0.15, 0.2) is 42.5 Å². The van der Waals surface area contributed by atoms with Crippen molar-refractivity contribution in [2.75, 3.05) is 19.8 Å². The van der Waals surface area contributed by atoms with E-state index in [4.69, 9.17) is 25.8 Å². The normalized spacial score (nSPS) is 25.7. The molecule has 2 aromatic rings. The van der Waals surface area contributed by atoms with E-state index in [1.165, 1.54) is 0 Å². The Kier molecular flexibility index (Phi) is 7.45. The maximum atomic E-state index is 11.9. The summed E-state index contributed by atoms with van der Waals surface area (Å²) >= 11 is 6.39. The molecule has 1 unspecified atom stereocenters. The van der Waals surface area contributed by atoms with E-state index < -0.39 is 36.8 Å². The zero-order valence-electron chi connectivity index (χ0n) is 17.5. The molecule has 172 valence electrons. The number of hydrogen-bond donors (Lipinski definition) is 3. The molecular weight excluding hydrogens is 436 g/mol. The number of ketones is 1. The lowest BCUT2D eigenvalue weighted by Gasteiger charge is -2.35. The van der Waals surface area contributed by atoms with E-state index in [0.29, 0.717) is 36.3 Å². The van der Waals surface area contributed by atoms with Crippen LogP contribution in [-0.2, 0) is 20.7 Å². The third kappa shape index (κ3) is 5.49. The summed E-state index contributed by atoms with van der Waals surface area (Å²) in [5.41, 5.74) is 2.38. The fraction of sp³-hybridized carbons (Fsp3) is 0.458. The van der Waals surface area contributed by atoms with Crippen molar-refractivity contribution < 1.29 is 34.3 Å². The Bertz CT molecular complexity index is 924. The molecule has 1 heterocycles. The van der Waals surface area contributed by atoms with Gasteiger partial charge in [-0.05, 0) is 54.2 Å². The van der Waals surface area contributed by atoms with Crippen LogP contribution in [0.2, 0.25) is 5.02 Å². The van der Waals surface area contributed by atoms with Crippen LogP contribution in [0.1, 0.15) is 35.6 Å². The summed E-state index contributed by atoms with van der Waals surface area (Å²) in [6, 6.07) is 12.9. The van der Waals surface area contributed by atoms with Crippen molar-refractivity contribution in [3.05, 3.63) is 64.2 Å². The van der Waals surface area contributed by atoms with Gasteiger partial charge in [0, 0.05) is 5.02 Å². The van der Waals surface area contributed by atoms with Crippen molar-refractivity contribution in [2.24, 2.45) is 0 Å². The molecule has 2 fully saturated rings. The Labute approximate surface area is 191 Å². The van der Waals surface area contributed by atoms with Gasteiger partial charge in [-0.3, -0.25) is 4.79 Å². The minimum atomic E-state index is -1.62. The molecule has 1 saturated carbocycles. The average Bonchev–Trinajstić information content (AvgIpc) is 3.63. The zero-order chi connectivity index (χ0) is 22.7. The summed E-state index contributed by atoms with van der Waals surface area (Å²) in [4.78, 5) is 11.9. The highest BCUT2D eigenvalue weighted by Gasteiger charge is 2.43. The molecule has 8 heteroatoms. The first kappa shape index (κ1) is 23.2. The van der Waals surface area contributed by atoms with Gasteiger partial charge in [-0.15, -0.1) is 0 Å². The standard InChI is InChI=1S/C24H27ClO7/c25-19-8-3-15(24-23(29)22(28)21(27)20(13-26)32-24)12-16(19)11-14-1-4-17(5-2-14)30-9-10-31-18-6-7-18/h1-5,8,12,18,20,22-24,26,28-29H,6-7,9-11,13H2/t20-,22+,23?,24+/m1/s1. The van der Waals surface area contributed by atoms with E-state index in [1.807, 2.05) is 24.3 Å². The molecule has 1 saturated heterocycles. The number of aliphatic hydroxyl groups excluding tert-OH is 3. The third-order valence-electron chi connectivity index (χ3n) is 5.67. The molecule has 0 spiro atoms. The highest BCUT2D eigenvalue weighted by molar-refractivity contribution is 6.31. The first-order valence-corrected chi connectivity index (χ1v) is 11.1. The summed E-state index contributed by atoms with van der Waals surface area (Å²) in [6.07, 6.45) is -1.95. The molecule has 2 aromatic carbocycles. The van der Waals surface area contributed by atoms with Crippen molar-refractivity contribution in [3.63, 3.8) is 0 Å². The zero-order valence-corrected chi connectivity index (χ0v) is 18.3. The summed E-state index contributed by atoms with van der Waals surface area (Å²) in [5.74, 6) is 0.0345. The van der Waals surface area contributed by atoms with Crippen LogP contribution >= 0.6 is 11.6 Å². The summed E-state index contributed by atoms with van der Waals surface area (Å²) < 4.78 is 16.8. The average molecular weight is 463 g/mol. The number of carbonyl (C=O) groups is 1. The molecule has 0 bridgehead atoms. The van der Waals surface area contributed by atoms with Gasteiger partial charge >= 0.3 is 0 Å². The number of rotatable bonds is 9. The number of aliphatic hydroxyl groups is 3. The molecule has 0 aromatic heterocycles. The molecule has 0 amide bonds. The van der Waals surface area contributed by atoms with Crippen LogP contribution in [0.4, 0.5) is 0 Å². The predicted molar refractivity (Wildman–Crippen MR) is 117 cm³/mol. The first-order valence-electron chi connectivity index (χ1n) is 10.7. The molecule has 1 aliphatic heterocycles. The van der Waals surface area contributed by atoms with Crippen LogP contribution < -0.4 is 4.74 Å². The van der Waals surface area contributed by atoms with E-state index in [-0.39, 0.29) is 0 Å². The lowest BCUT2D eigenvalue weighted by atomic mass is 9.91. The topological polar surface area (TPSA) is 105 Å². The van der Waals surface area contributed by atoms with Gasteiger partial charge in [-0.1, -0.05) is 35.9 Å². The molecule has 7 nitrogen and oxygen atoms in total. The van der Waals surface area contributed by atoms with Gasteiger partial charge in [0.05, 0.1) is 19.3 Å². The number of carbonyl (C=O) groups excluding carboxylic acids is 1. The fourth-order valence-corrected chi connectivity index (χ4v) is 3.88. The molecule has 3 N–H and O–H groups in total. The number of ether oxygens (including phenoxy) is 3. The molecule has 2 aliphatic rings. The largest absolute Gasteiger partial charge is 0.491 e. The summed E-state index contributed by atoms with van der Waals surface area (Å²) in [7, 11) is 0. The molecular formula is C24H27ClO7. The monoisotopic (exact) mass is 462 g/mol. The molecule has 0 radical (unpaired) electrons. The molecule has 1 aliphatic carbocycles. The first-order chi connectivity index (χ1) is 15.5. The van der Waals surface area contributed by atoms with Gasteiger partial charge < -0.3 is 29.5 Å². The Balaban J connectivity index is 1.41. The highest BCUT2D eigenvalue weighted by atomic mass is 35.5. The van der Waals surface area contributed by atoms with Gasteiger partial charge in [-0.2, -0.15) is 0 Å². The second-order valence-corrected chi connectivity index (χ2v) is 8.56. The molecule has 32 heavy (non-hydrogen) atoms. The van der Waals surface area contributed by atoms with Gasteiger partial charge in [-0.25, -0.2) is 0 Å². The van der Waals surface area contributed by atoms with Gasteiger partial charge in [0.15, 0.2) is 5.78 Å². The van der Waals surface area contributed by atoms with Crippen molar-refractivity contribution >= 4 is 17.4 Å². The van der Waals surface area contributed by atoms with E-state index in [9.17, 15) is 20.1 Å². The molecule has 4 rings (SSSR count). The summed E-state index contributed by atoms with van der Waals surface area (Å²) in [6.45, 7) is 0.526. The number of halogens is 1. The van der Waals surface area contributed by atoms with Crippen LogP contribution in [-0.4, -0.2) is 65.3 Å². The van der Waals surface area contributed by atoms with Crippen LogP contribution in [0.3, 0.4) is 0 Å². The minimum absolute atomic E-state index is 0.417. The van der Waals surface area contributed by atoms with Crippen molar-refractivity contribution in [1.29, 1.82) is 0 Å². The van der Waals surface area contributed by atoms with E-state index in [0.717, 1.165) is 29.7 Å². The quantitative estimate of drug-likeness (QED) is 0.490. The maximum Gasteiger partial charge on any atom is 0.195 e. The predicted octanol–water partition coefficient (Wildman–Crippen LogP) is 2.21. The Morgan fingerprint density at radius 1 is 1.06 bits per heavy atom. The Morgan fingerprint density at radius 3 is 2.50 bits per heavy atom. The van der Waals surface area contributed by atoms with Gasteiger partial charge in [0.2, 0.25) is 0 Å². The van der Waals surface area contributed by atoms with E-state index in [2.05, 4.69) is 0 Å². The van der Waals surface area contributed by atoms with Crippen molar-refractivity contribution in [2.45, 2.75) is 49.8 Å². The second kappa shape index (κ2) is 10.3. The third-order valence-corrected chi connectivity index (χ3v) is 6.03. The smallest absolute Gasteiger partial charge is 0.195 e. The number of benzene rings is 2. The van der Waals surface area contributed by atoms with Crippen LogP contribution in [0.25, 0.3) is 0 Å². The highest BCUT2D eigenvalue weighted by Crippen LogP contribution is 2.33. The SMILES string of the molecule is O=C1[C@@H](CO)O[C@@H](c2ccc(Cl)c(Cc3ccc(OCCOC4CC4)cc3)c2)C(O)[C@H]1O. The fourth-order valence-electron chi connectivity index (χ4n) is 3.70. The lowest BCUT2D eigenvalue weighted by molar-refractivity contribution is -0.188. The number of hydrogen-bond acceptors (Lipinski definition) is 7. The Hall–Kier alpha value is -2.00. The Morgan fingerprint density at radius 2 is 1.81 bits per heavy atom. The van der Waals surface area contributed by atoms with E-state index in [1.54, 1.807) is 18.2 Å². The van der Waals surface area contributed by atoms with Gasteiger partial charge in [0.1, 0.15) is 36.8 Å². The maximum absolute atomic E-state index is 11.9. The van der Waals surface area contributed by atoms with Crippen LogP contribution in [0.5, 0.6) is 5.75 Å². The minimum Gasteiger partial charge on any atom is -0.491 e. The van der Waals surface area contributed by atoms with E-state index >= 15 is 0 Å². The number of Topliss-reactive ketones (excluding diaryl/α,β-unsaturated/α-hetero) is 1. The molecule has 4 atom stereocenters. The summed E-state index contributed by atoms with van der Waals surface area (Å²) in [5, 5.41) is 30.3. The van der Waals surface area contributed by atoms with Crippen molar-refractivity contribution in [3.8, 4) is 5.75 Å². The van der Waals surface area contributed by atoms with Gasteiger partial charge in [0.25, 0.3) is 0 Å². The van der Waals surface area contributed by atoms with Crippen molar-refractivity contribution in [1.82, 2.24) is 0 Å². The van der Waals surface area contributed by atoms with Crippen LogP contribution in [0, 0.1) is 0 Å².